The third-order valence-corrected chi connectivity index (χ3v) is 3.27. The Balaban J connectivity index is 2.00. The van der Waals surface area contributed by atoms with E-state index in [1.807, 2.05) is 0 Å². The van der Waals surface area contributed by atoms with E-state index < -0.39 is 5.82 Å². The second kappa shape index (κ2) is 5.47. The molecule has 1 fully saturated rings. The minimum absolute atomic E-state index is 0.231. The molecule has 3 rings (SSSR count). The summed E-state index contributed by atoms with van der Waals surface area (Å²) in [6.45, 7) is 2.73. The molecule has 21 heavy (non-hydrogen) atoms. The van der Waals surface area contributed by atoms with Crippen LogP contribution >= 0.6 is 0 Å². The van der Waals surface area contributed by atoms with E-state index in [1.54, 1.807) is 36.1 Å². The monoisotopic (exact) mass is 287 g/mol. The Hall–Kier alpha value is -2.50. The Bertz CT molecular complexity index is 690. The topological polar surface area (TPSA) is 55.3 Å². The van der Waals surface area contributed by atoms with Crippen LogP contribution in [0.2, 0.25) is 0 Å². The van der Waals surface area contributed by atoms with Gasteiger partial charge in [0.1, 0.15) is 11.5 Å². The SMILES string of the molecule is Cc1ncc(F)c(-c2cccc(N3CCCOC3=O)c2)n1. The zero-order valence-corrected chi connectivity index (χ0v) is 11.5. The van der Waals surface area contributed by atoms with E-state index in [1.165, 1.54) is 0 Å². The fourth-order valence-corrected chi connectivity index (χ4v) is 2.26. The van der Waals surface area contributed by atoms with Crippen LogP contribution in [0.4, 0.5) is 14.9 Å². The average molecular weight is 287 g/mol. The molecule has 0 N–H and O–H groups in total. The maximum Gasteiger partial charge on any atom is 0.414 e. The number of ether oxygens (including phenoxy) is 1. The molecular formula is C15H14FN3O2. The van der Waals surface area contributed by atoms with Gasteiger partial charge in [0, 0.05) is 17.8 Å². The molecule has 0 bridgehead atoms. The molecule has 2 aromatic rings. The standard InChI is InChI=1S/C15H14FN3O2/c1-10-17-9-13(16)14(18-10)11-4-2-5-12(8-11)19-6-3-7-21-15(19)20/h2,4-5,8-9H,3,6-7H2,1H3. The summed E-state index contributed by atoms with van der Waals surface area (Å²) in [6.07, 6.45) is 1.55. The van der Waals surface area contributed by atoms with E-state index in [9.17, 15) is 9.18 Å². The lowest BCUT2D eigenvalue weighted by molar-refractivity contribution is 0.140. The number of carbonyl (C=O) groups excluding carboxylic acids is 1. The summed E-state index contributed by atoms with van der Waals surface area (Å²) < 4.78 is 18.9. The van der Waals surface area contributed by atoms with Gasteiger partial charge in [-0.1, -0.05) is 12.1 Å². The van der Waals surface area contributed by atoms with Crippen molar-refractivity contribution in [2.24, 2.45) is 0 Å². The first-order valence-corrected chi connectivity index (χ1v) is 6.69. The summed E-state index contributed by atoms with van der Waals surface area (Å²) in [5.41, 5.74) is 1.51. The highest BCUT2D eigenvalue weighted by Gasteiger charge is 2.21. The van der Waals surface area contributed by atoms with Gasteiger partial charge in [0.15, 0.2) is 5.82 Å². The summed E-state index contributed by atoms with van der Waals surface area (Å²) >= 11 is 0. The van der Waals surface area contributed by atoms with Gasteiger partial charge in [-0.05, 0) is 25.5 Å². The number of hydrogen-bond donors (Lipinski definition) is 0. The number of hydrogen-bond acceptors (Lipinski definition) is 4. The predicted molar refractivity (Wildman–Crippen MR) is 75.5 cm³/mol. The molecule has 0 unspecified atom stereocenters. The third kappa shape index (κ3) is 2.69. The summed E-state index contributed by atoms with van der Waals surface area (Å²) in [7, 11) is 0. The quantitative estimate of drug-likeness (QED) is 0.852. The molecule has 0 saturated carbocycles. The smallest absolute Gasteiger partial charge is 0.414 e. The van der Waals surface area contributed by atoms with E-state index in [-0.39, 0.29) is 11.8 Å². The van der Waals surface area contributed by atoms with Gasteiger partial charge in [0.2, 0.25) is 0 Å². The number of cyclic esters (lactones) is 1. The molecular weight excluding hydrogens is 273 g/mol. The molecule has 2 heterocycles. The fourth-order valence-electron chi connectivity index (χ4n) is 2.26. The van der Waals surface area contributed by atoms with E-state index >= 15 is 0 Å². The molecule has 1 aliphatic heterocycles. The first-order valence-electron chi connectivity index (χ1n) is 6.69. The third-order valence-electron chi connectivity index (χ3n) is 3.27. The Morgan fingerprint density at radius 2 is 2.24 bits per heavy atom. The van der Waals surface area contributed by atoms with Gasteiger partial charge in [0.25, 0.3) is 0 Å². The van der Waals surface area contributed by atoms with Crippen LogP contribution in [0.25, 0.3) is 11.3 Å². The molecule has 1 aromatic carbocycles. The van der Waals surface area contributed by atoms with Crippen LogP contribution in [-0.2, 0) is 4.74 Å². The van der Waals surface area contributed by atoms with E-state index in [0.717, 1.165) is 12.6 Å². The number of rotatable bonds is 2. The van der Waals surface area contributed by atoms with Crippen molar-refractivity contribution in [1.82, 2.24) is 9.97 Å². The van der Waals surface area contributed by atoms with Crippen LogP contribution < -0.4 is 4.90 Å². The number of carbonyl (C=O) groups is 1. The highest BCUT2D eigenvalue weighted by Crippen LogP contribution is 2.26. The van der Waals surface area contributed by atoms with Crippen molar-refractivity contribution >= 4 is 11.8 Å². The largest absolute Gasteiger partial charge is 0.449 e. The first-order chi connectivity index (χ1) is 10.1. The van der Waals surface area contributed by atoms with Crippen molar-refractivity contribution in [3.63, 3.8) is 0 Å². The van der Waals surface area contributed by atoms with Crippen molar-refractivity contribution in [2.75, 3.05) is 18.1 Å². The van der Waals surface area contributed by atoms with E-state index in [4.69, 9.17) is 4.74 Å². The number of nitrogens with zero attached hydrogens (tertiary/aromatic N) is 3. The molecule has 1 amide bonds. The lowest BCUT2D eigenvalue weighted by Gasteiger charge is -2.26. The van der Waals surface area contributed by atoms with Crippen molar-refractivity contribution in [2.45, 2.75) is 13.3 Å². The van der Waals surface area contributed by atoms with Gasteiger partial charge < -0.3 is 4.74 Å². The van der Waals surface area contributed by atoms with Crippen molar-refractivity contribution in [1.29, 1.82) is 0 Å². The van der Waals surface area contributed by atoms with Crippen molar-refractivity contribution < 1.29 is 13.9 Å². The predicted octanol–water partition coefficient (Wildman–Crippen LogP) is 2.94. The minimum atomic E-state index is -0.487. The highest BCUT2D eigenvalue weighted by atomic mass is 19.1. The fraction of sp³-hybridized carbons (Fsp3) is 0.267. The molecule has 0 aliphatic carbocycles. The van der Waals surface area contributed by atoms with Gasteiger partial charge in [-0.15, -0.1) is 0 Å². The van der Waals surface area contributed by atoms with Crippen LogP contribution in [0, 0.1) is 12.7 Å². The van der Waals surface area contributed by atoms with Gasteiger partial charge in [-0.2, -0.15) is 0 Å². The number of halogens is 1. The van der Waals surface area contributed by atoms with Gasteiger partial charge >= 0.3 is 6.09 Å². The Morgan fingerprint density at radius 3 is 3.05 bits per heavy atom. The first kappa shape index (κ1) is 13.5. The Morgan fingerprint density at radius 1 is 1.38 bits per heavy atom. The second-order valence-corrected chi connectivity index (χ2v) is 4.78. The lowest BCUT2D eigenvalue weighted by Crippen LogP contribution is -2.37. The van der Waals surface area contributed by atoms with Crippen LogP contribution in [0.15, 0.2) is 30.5 Å². The summed E-state index contributed by atoms with van der Waals surface area (Å²) in [4.78, 5) is 21.3. The van der Waals surface area contributed by atoms with E-state index in [2.05, 4.69) is 9.97 Å². The molecule has 0 radical (unpaired) electrons. The van der Waals surface area contributed by atoms with Crippen molar-refractivity contribution in [3.05, 3.63) is 42.1 Å². The maximum atomic E-state index is 13.9. The van der Waals surface area contributed by atoms with Gasteiger partial charge in [0.05, 0.1) is 12.8 Å². The van der Waals surface area contributed by atoms with Crippen molar-refractivity contribution in [3.8, 4) is 11.3 Å². The zero-order valence-electron chi connectivity index (χ0n) is 11.5. The number of aromatic nitrogens is 2. The normalized spacial score (nSPS) is 15.0. The van der Waals surface area contributed by atoms with Gasteiger partial charge in [-0.3, -0.25) is 4.90 Å². The van der Waals surface area contributed by atoms with Crippen LogP contribution in [-0.4, -0.2) is 29.2 Å². The van der Waals surface area contributed by atoms with Crippen LogP contribution in [0.1, 0.15) is 12.2 Å². The molecule has 1 aliphatic rings. The number of benzene rings is 1. The Kier molecular flexibility index (Phi) is 3.51. The summed E-state index contributed by atoms with van der Waals surface area (Å²) in [6, 6.07) is 7.05. The highest BCUT2D eigenvalue weighted by molar-refractivity contribution is 5.89. The number of anilines is 1. The molecule has 5 nitrogen and oxygen atoms in total. The Labute approximate surface area is 121 Å². The molecule has 1 aromatic heterocycles. The van der Waals surface area contributed by atoms with E-state index in [0.29, 0.717) is 30.2 Å². The molecule has 0 spiro atoms. The van der Waals surface area contributed by atoms with Crippen LogP contribution in [0.3, 0.4) is 0 Å². The summed E-state index contributed by atoms with van der Waals surface area (Å²) in [5.74, 6) is 0.00755. The van der Waals surface area contributed by atoms with Crippen LogP contribution in [0.5, 0.6) is 0 Å². The molecule has 6 heteroatoms. The minimum Gasteiger partial charge on any atom is -0.449 e. The molecule has 0 atom stereocenters. The number of amides is 1. The summed E-state index contributed by atoms with van der Waals surface area (Å²) in [5, 5.41) is 0. The number of aryl methyl sites for hydroxylation is 1. The lowest BCUT2D eigenvalue weighted by atomic mass is 10.1. The van der Waals surface area contributed by atoms with Gasteiger partial charge in [-0.25, -0.2) is 19.2 Å². The molecule has 1 saturated heterocycles. The maximum absolute atomic E-state index is 13.9. The zero-order chi connectivity index (χ0) is 14.8. The average Bonchev–Trinajstić information content (AvgIpc) is 2.50. The second-order valence-electron chi connectivity index (χ2n) is 4.78. The molecule has 108 valence electrons.